The number of rotatable bonds is 3. The second kappa shape index (κ2) is 5.81. The van der Waals surface area contributed by atoms with Crippen LogP contribution in [0.2, 0.25) is 0 Å². The first-order valence-corrected chi connectivity index (χ1v) is 9.40. The van der Waals surface area contributed by atoms with Gasteiger partial charge in [0.25, 0.3) is 0 Å². The number of aromatic nitrogens is 4. The van der Waals surface area contributed by atoms with Gasteiger partial charge in [0.1, 0.15) is 0 Å². The lowest BCUT2D eigenvalue weighted by Crippen LogP contribution is -2.37. The van der Waals surface area contributed by atoms with Crippen LogP contribution in [-0.2, 0) is 10.0 Å². The van der Waals surface area contributed by atoms with E-state index >= 15 is 0 Å². The molecule has 0 radical (unpaired) electrons. The Kier molecular flexibility index (Phi) is 3.73. The van der Waals surface area contributed by atoms with Crippen LogP contribution in [0.5, 0.6) is 0 Å². The van der Waals surface area contributed by atoms with Gasteiger partial charge >= 0.3 is 5.69 Å². The molecule has 0 atom stereocenters. The monoisotopic (exact) mass is 363 g/mol. The molecule has 2 N–H and O–H groups in total. The largest absolute Gasteiger partial charge is 0.425 e. The molecule has 3 aromatic rings. The molecule has 1 saturated heterocycles. The van der Waals surface area contributed by atoms with Crippen molar-refractivity contribution in [1.82, 2.24) is 24.5 Å². The molecular weight excluding hydrogens is 346 g/mol. The highest BCUT2D eigenvalue weighted by Gasteiger charge is 2.32. The zero-order valence-corrected chi connectivity index (χ0v) is 14.3. The van der Waals surface area contributed by atoms with Gasteiger partial charge in [-0.25, -0.2) is 13.2 Å². The zero-order valence-electron chi connectivity index (χ0n) is 13.5. The van der Waals surface area contributed by atoms with E-state index in [4.69, 9.17) is 4.42 Å². The highest BCUT2D eigenvalue weighted by molar-refractivity contribution is 7.89. The van der Waals surface area contributed by atoms with Crippen LogP contribution >= 0.6 is 0 Å². The summed E-state index contributed by atoms with van der Waals surface area (Å²) in [6, 6.07) is 4.58. The van der Waals surface area contributed by atoms with Gasteiger partial charge in [-0.2, -0.15) is 4.31 Å². The van der Waals surface area contributed by atoms with Gasteiger partial charge in [0.15, 0.2) is 0 Å². The SMILES string of the molecule is Cc1nnc(C2CCN(S(=O)(=O)c3ccc4[nH]c(=O)[nH]c4c3)CC2)o1. The maximum atomic E-state index is 12.9. The Bertz CT molecular complexity index is 1070. The van der Waals surface area contributed by atoms with Crippen molar-refractivity contribution in [2.45, 2.75) is 30.6 Å². The van der Waals surface area contributed by atoms with Crippen LogP contribution in [0.25, 0.3) is 11.0 Å². The lowest BCUT2D eigenvalue weighted by Gasteiger charge is -2.29. The highest BCUT2D eigenvalue weighted by Crippen LogP contribution is 2.30. The number of piperidine rings is 1. The van der Waals surface area contributed by atoms with Crippen LogP contribution in [0.3, 0.4) is 0 Å². The summed E-state index contributed by atoms with van der Waals surface area (Å²) in [5.74, 6) is 1.16. The summed E-state index contributed by atoms with van der Waals surface area (Å²) >= 11 is 0. The molecule has 1 aromatic carbocycles. The molecular formula is C15H17N5O4S. The van der Waals surface area contributed by atoms with Crippen molar-refractivity contribution in [3.05, 3.63) is 40.5 Å². The molecule has 1 aliphatic heterocycles. The third-order valence-electron chi connectivity index (χ3n) is 4.47. The summed E-state index contributed by atoms with van der Waals surface area (Å²) in [7, 11) is -3.61. The Morgan fingerprint density at radius 2 is 1.88 bits per heavy atom. The van der Waals surface area contributed by atoms with Crippen molar-refractivity contribution in [2.75, 3.05) is 13.1 Å². The van der Waals surface area contributed by atoms with E-state index in [9.17, 15) is 13.2 Å². The smallest absolute Gasteiger partial charge is 0.323 e. The number of nitrogens with one attached hydrogen (secondary N) is 2. The first-order valence-electron chi connectivity index (χ1n) is 7.96. The van der Waals surface area contributed by atoms with Crippen molar-refractivity contribution < 1.29 is 12.8 Å². The molecule has 10 heteroatoms. The van der Waals surface area contributed by atoms with Crippen LogP contribution in [0.15, 0.2) is 32.3 Å². The van der Waals surface area contributed by atoms with E-state index in [1.54, 1.807) is 13.0 Å². The number of sulfonamides is 1. The van der Waals surface area contributed by atoms with E-state index in [0.29, 0.717) is 48.7 Å². The molecule has 0 unspecified atom stereocenters. The lowest BCUT2D eigenvalue weighted by molar-refractivity contribution is 0.288. The van der Waals surface area contributed by atoms with Crippen molar-refractivity contribution in [3.63, 3.8) is 0 Å². The first-order chi connectivity index (χ1) is 11.9. The summed E-state index contributed by atoms with van der Waals surface area (Å²) < 4.78 is 32.6. The van der Waals surface area contributed by atoms with E-state index in [2.05, 4.69) is 20.2 Å². The molecule has 0 spiro atoms. The molecule has 1 fully saturated rings. The molecule has 0 saturated carbocycles. The maximum Gasteiger partial charge on any atom is 0.323 e. The number of benzene rings is 1. The minimum absolute atomic E-state index is 0.0798. The average Bonchev–Trinajstić information content (AvgIpc) is 3.18. The van der Waals surface area contributed by atoms with Gasteiger partial charge in [-0.1, -0.05) is 0 Å². The van der Waals surface area contributed by atoms with Crippen molar-refractivity contribution >= 4 is 21.1 Å². The minimum Gasteiger partial charge on any atom is -0.425 e. The summed E-state index contributed by atoms with van der Waals surface area (Å²) in [5, 5.41) is 7.86. The second-order valence-electron chi connectivity index (χ2n) is 6.12. The molecule has 3 heterocycles. The molecule has 9 nitrogen and oxygen atoms in total. The van der Waals surface area contributed by atoms with Crippen LogP contribution in [-0.4, -0.2) is 46.0 Å². The molecule has 0 aliphatic carbocycles. The van der Waals surface area contributed by atoms with Gasteiger partial charge in [-0.3, -0.25) is 0 Å². The van der Waals surface area contributed by atoms with Crippen LogP contribution in [0.4, 0.5) is 0 Å². The number of aromatic amines is 2. The molecule has 4 rings (SSSR count). The summed E-state index contributed by atoms with van der Waals surface area (Å²) in [5.41, 5.74) is 0.692. The fraction of sp³-hybridized carbons (Fsp3) is 0.400. The van der Waals surface area contributed by atoms with Gasteiger partial charge in [0, 0.05) is 25.9 Å². The van der Waals surface area contributed by atoms with Crippen molar-refractivity contribution in [3.8, 4) is 0 Å². The molecule has 0 bridgehead atoms. The number of fused-ring (bicyclic) bond motifs is 1. The highest BCUT2D eigenvalue weighted by atomic mass is 32.2. The predicted octanol–water partition coefficient (Wildman–Crippen LogP) is 1.12. The molecule has 2 aromatic heterocycles. The maximum absolute atomic E-state index is 12.9. The Labute approximate surface area is 143 Å². The lowest BCUT2D eigenvalue weighted by atomic mass is 9.98. The Morgan fingerprint density at radius 1 is 1.16 bits per heavy atom. The van der Waals surface area contributed by atoms with Gasteiger partial charge in [-0.15, -0.1) is 10.2 Å². The Balaban J connectivity index is 1.55. The number of H-pyrrole nitrogens is 2. The molecule has 132 valence electrons. The topological polar surface area (TPSA) is 125 Å². The van der Waals surface area contributed by atoms with E-state index in [0.717, 1.165) is 0 Å². The fourth-order valence-corrected chi connectivity index (χ4v) is 4.64. The van der Waals surface area contributed by atoms with E-state index in [-0.39, 0.29) is 16.5 Å². The van der Waals surface area contributed by atoms with E-state index in [1.807, 2.05) is 0 Å². The normalized spacial score (nSPS) is 17.3. The van der Waals surface area contributed by atoms with Gasteiger partial charge in [-0.05, 0) is 31.0 Å². The van der Waals surface area contributed by atoms with Gasteiger partial charge in [0.2, 0.25) is 21.8 Å². The standard InChI is InChI=1S/C15H17N5O4S/c1-9-18-19-14(24-9)10-4-6-20(7-5-10)25(22,23)11-2-3-12-13(8-11)17-15(21)16-12/h2-3,8,10H,4-7H2,1H3,(H2,16,17,21). The Hall–Kier alpha value is -2.46. The average molecular weight is 363 g/mol. The first kappa shape index (κ1) is 16.0. The van der Waals surface area contributed by atoms with Crippen LogP contribution in [0, 0.1) is 6.92 Å². The summed E-state index contributed by atoms with van der Waals surface area (Å²) in [6.07, 6.45) is 1.26. The second-order valence-corrected chi connectivity index (χ2v) is 8.06. The number of imidazole rings is 1. The van der Waals surface area contributed by atoms with Crippen LogP contribution in [0.1, 0.15) is 30.5 Å². The predicted molar refractivity (Wildman–Crippen MR) is 88.7 cm³/mol. The third-order valence-corrected chi connectivity index (χ3v) is 6.36. The number of nitrogens with zero attached hydrogens (tertiary/aromatic N) is 3. The number of hydrogen-bond donors (Lipinski definition) is 2. The minimum atomic E-state index is -3.61. The van der Waals surface area contributed by atoms with Crippen molar-refractivity contribution in [2.24, 2.45) is 0 Å². The van der Waals surface area contributed by atoms with Gasteiger partial charge < -0.3 is 14.4 Å². The summed E-state index contributed by atoms with van der Waals surface area (Å²) in [4.78, 5) is 16.7. The molecule has 1 aliphatic rings. The molecule has 25 heavy (non-hydrogen) atoms. The fourth-order valence-electron chi connectivity index (χ4n) is 3.14. The quantitative estimate of drug-likeness (QED) is 0.718. The number of hydrogen-bond acceptors (Lipinski definition) is 6. The Morgan fingerprint density at radius 3 is 2.56 bits per heavy atom. The van der Waals surface area contributed by atoms with Gasteiger partial charge in [0.05, 0.1) is 15.9 Å². The summed E-state index contributed by atoms with van der Waals surface area (Å²) in [6.45, 7) is 2.50. The van der Waals surface area contributed by atoms with Crippen LogP contribution < -0.4 is 5.69 Å². The third kappa shape index (κ3) is 2.87. The van der Waals surface area contributed by atoms with Crippen molar-refractivity contribution in [1.29, 1.82) is 0 Å². The number of aryl methyl sites for hydroxylation is 1. The zero-order chi connectivity index (χ0) is 17.6. The van der Waals surface area contributed by atoms with E-state index in [1.165, 1.54) is 16.4 Å². The van der Waals surface area contributed by atoms with E-state index < -0.39 is 10.0 Å². The molecule has 0 amide bonds.